The van der Waals surface area contributed by atoms with Crippen molar-refractivity contribution in [2.45, 2.75) is 17.2 Å². The lowest BCUT2D eigenvalue weighted by molar-refractivity contribution is -0.122. The third-order valence-electron chi connectivity index (χ3n) is 2.85. The molecule has 4 N–H and O–H groups in total. The summed E-state index contributed by atoms with van der Waals surface area (Å²) in [4.78, 5) is 24.6. The molecule has 2 rings (SSSR count). The summed E-state index contributed by atoms with van der Waals surface area (Å²) in [6, 6.07) is -0.935. The number of hydrogen-bond acceptors (Lipinski definition) is 6. The van der Waals surface area contributed by atoms with Gasteiger partial charge in [0.2, 0.25) is 5.91 Å². The number of rotatable bonds is 3. The van der Waals surface area contributed by atoms with Crippen LogP contribution in [0.4, 0.5) is 0 Å². The third kappa shape index (κ3) is 2.56. The average Bonchev–Trinajstić information content (AvgIpc) is 2.69. The first-order chi connectivity index (χ1) is 8.84. The molecule has 106 valence electrons. The fourth-order valence-corrected chi connectivity index (χ4v) is 4.97. The molecule has 0 radical (unpaired) electrons. The van der Waals surface area contributed by atoms with E-state index >= 15 is 0 Å². The number of piperazine rings is 1. The Balaban J connectivity index is 2.45. The summed E-state index contributed by atoms with van der Waals surface area (Å²) in [7, 11) is -3.89. The van der Waals surface area contributed by atoms with Crippen molar-refractivity contribution in [3.63, 3.8) is 0 Å². The second-order valence-electron chi connectivity index (χ2n) is 4.17. The van der Waals surface area contributed by atoms with Gasteiger partial charge >= 0.3 is 4.87 Å². The zero-order valence-corrected chi connectivity index (χ0v) is 11.8. The van der Waals surface area contributed by atoms with E-state index in [2.05, 4.69) is 10.3 Å². The standard InChI is InChI=1S/C9H14N4O4S2/c1-5-8(18-9(15)12-5)19(16,17)13-3-2-11-4-6(13)7(10)14/h6,11H,2-4H2,1H3,(H2,10,14)(H,12,15). The lowest BCUT2D eigenvalue weighted by atomic mass is 10.2. The molecule has 1 aromatic rings. The Morgan fingerprint density at radius 2 is 2.21 bits per heavy atom. The quantitative estimate of drug-likeness (QED) is 0.607. The van der Waals surface area contributed by atoms with Gasteiger partial charge in [0.15, 0.2) is 4.21 Å². The zero-order chi connectivity index (χ0) is 14.2. The monoisotopic (exact) mass is 306 g/mol. The molecule has 19 heavy (non-hydrogen) atoms. The highest BCUT2D eigenvalue weighted by atomic mass is 32.2. The van der Waals surface area contributed by atoms with Crippen LogP contribution in [-0.2, 0) is 14.8 Å². The second kappa shape index (κ2) is 5.04. The van der Waals surface area contributed by atoms with Gasteiger partial charge in [-0.25, -0.2) is 8.42 Å². The molecule has 0 aromatic carbocycles. The van der Waals surface area contributed by atoms with Crippen molar-refractivity contribution in [3.05, 3.63) is 15.4 Å². The summed E-state index contributed by atoms with van der Waals surface area (Å²) in [6.45, 7) is 2.25. The van der Waals surface area contributed by atoms with Crippen LogP contribution in [0.15, 0.2) is 9.00 Å². The molecule has 2 heterocycles. The van der Waals surface area contributed by atoms with E-state index in [9.17, 15) is 18.0 Å². The van der Waals surface area contributed by atoms with Crippen LogP contribution in [0.3, 0.4) is 0 Å². The molecule has 1 saturated heterocycles. The third-order valence-corrected chi connectivity index (χ3v) is 6.34. The van der Waals surface area contributed by atoms with Gasteiger partial charge in [-0.1, -0.05) is 11.3 Å². The van der Waals surface area contributed by atoms with Crippen LogP contribution in [0, 0.1) is 6.92 Å². The van der Waals surface area contributed by atoms with E-state index in [0.29, 0.717) is 17.9 Å². The molecule has 8 nitrogen and oxygen atoms in total. The molecular formula is C9H14N4O4S2. The number of primary amides is 1. The molecule has 1 unspecified atom stereocenters. The van der Waals surface area contributed by atoms with Gasteiger partial charge in [-0.3, -0.25) is 9.59 Å². The van der Waals surface area contributed by atoms with Crippen LogP contribution >= 0.6 is 11.3 Å². The molecule has 0 bridgehead atoms. The van der Waals surface area contributed by atoms with Gasteiger partial charge in [0.25, 0.3) is 10.0 Å². The smallest absolute Gasteiger partial charge is 0.305 e. The first-order valence-corrected chi connectivity index (χ1v) is 7.81. The van der Waals surface area contributed by atoms with Crippen LogP contribution in [0.5, 0.6) is 0 Å². The number of carbonyl (C=O) groups is 1. The van der Waals surface area contributed by atoms with Gasteiger partial charge < -0.3 is 16.0 Å². The maximum absolute atomic E-state index is 12.5. The number of amides is 1. The number of H-pyrrole nitrogens is 1. The van der Waals surface area contributed by atoms with E-state index in [4.69, 9.17) is 5.73 Å². The van der Waals surface area contributed by atoms with Crippen molar-refractivity contribution in [2.75, 3.05) is 19.6 Å². The Hall–Kier alpha value is -1.23. The van der Waals surface area contributed by atoms with Gasteiger partial charge in [-0.2, -0.15) is 4.31 Å². The summed E-state index contributed by atoms with van der Waals surface area (Å²) in [5.74, 6) is -0.712. The topological polar surface area (TPSA) is 125 Å². The van der Waals surface area contributed by atoms with E-state index in [1.54, 1.807) is 0 Å². The Morgan fingerprint density at radius 1 is 1.53 bits per heavy atom. The Bertz CT molecular complexity index is 647. The van der Waals surface area contributed by atoms with Gasteiger partial charge in [0.05, 0.1) is 0 Å². The average molecular weight is 306 g/mol. The molecule has 0 aliphatic carbocycles. The molecule has 1 aliphatic heterocycles. The second-order valence-corrected chi connectivity index (χ2v) is 7.23. The van der Waals surface area contributed by atoms with Gasteiger partial charge in [-0.05, 0) is 6.92 Å². The molecule has 1 aromatic heterocycles. The Labute approximate surface area is 113 Å². The van der Waals surface area contributed by atoms with Gasteiger partial charge in [0, 0.05) is 25.3 Å². The number of aryl methyl sites for hydroxylation is 1. The maximum atomic E-state index is 12.5. The van der Waals surface area contributed by atoms with Crippen LogP contribution in [0.2, 0.25) is 0 Å². The maximum Gasteiger partial charge on any atom is 0.305 e. The lowest BCUT2D eigenvalue weighted by Crippen LogP contribution is -2.58. The van der Waals surface area contributed by atoms with Gasteiger partial charge in [-0.15, -0.1) is 0 Å². The van der Waals surface area contributed by atoms with Crippen molar-refractivity contribution in [1.29, 1.82) is 0 Å². The van der Waals surface area contributed by atoms with E-state index in [0.717, 1.165) is 4.31 Å². The number of hydrogen-bond donors (Lipinski definition) is 3. The molecule has 1 fully saturated rings. The predicted octanol–water partition coefficient (Wildman–Crippen LogP) is -1.81. The first kappa shape index (κ1) is 14.2. The normalized spacial score (nSPS) is 21.4. The Kier molecular flexibility index (Phi) is 3.76. The zero-order valence-electron chi connectivity index (χ0n) is 10.2. The Morgan fingerprint density at radius 3 is 2.74 bits per heavy atom. The van der Waals surface area contributed by atoms with E-state index < -0.39 is 26.8 Å². The molecule has 1 aliphatic rings. The number of nitrogens with zero attached hydrogens (tertiary/aromatic N) is 1. The summed E-state index contributed by atoms with van der Waals surface area (Å²) in [6.07, 6.45) is 0. The van der Waals surface area contributed by atoms with Crippen molar-refractivity contribution in [3.8, 4) is 0 Å². The number of thiazole rings is 1. The first-order valence-electron chi connectivity index (χ1n) is 5.55. The van der Waals surface area contributed by atoms with Gasteiger partial charge in [0.1, 0.15) is 6.04 Å². The summed E-state index contributed by atoms with van der Waals surface area (Å²) in [5.41, 5.74) is 5.50. The van der Waals surface area contributed by atoms with Crippen LogP contribution in [-0.4, -0.2) is 49.3 Å². The minimum atomic E-state index is -3.89. The highest BCUT2D eigenvalue weighted by molar-refractivity contribution is 7.91. The number of nitrogens with one attached hydrogen (secondary N) is 2. The highest BCUT2D eigenvalue weighted by Crippen LogP contribution is 2.23. The molecule has 1 amide bonds. The van der Waals surface area contributed by atoms with E-state index in [1.807, 2.05) is 0 Å². The van der Waals surface area contributed by atoms with Crippen molar-refractivity contribution in [1.82, 2.24) is 14.6 Å². The predicted molar refractivity (Wildman–Crippen MR) is 69.4 cm³/mol. The fraction of sp³-hybridized carbons (Fsp3) is 0.556. The lowest BCUT2D eigenvalue weighted by Gasteiger charge is -2.32. The molecule has 0 saturated carbocycles. The molecule has 10 heteroatoms. The van der Waals surface area contributed by atoms with Crippen molar-refractivity contribution < 1.29 is 13.2 Å². The number of carbonyl (C=O) groups excluding carboxylic acids is 1. The molecule has 1 atom stereocenters. The highest BCUT2D eigenvalue weighted by Gasteiger charge is 2.38. The van der Waals surface area contributed by atoms with E-state index in [-0.39, 0.29) is 23.0 Å². The summed E-state index contributed by atoms with van der Waals surface area (Å²) < 4.78 is 25.9. The number of sulfonamides is 1. The summed E-state index contributed by atoms with van der Waals surface area (Å²) >= 11 is 0.615. The summed E-state index contributed by atoms with van der Waals surface area (Å²) in [5, 5.41) is 2.92. The minimum absolute atomic E-state index is 0.0642. The fourth-order valence-electron chi connectivity index (χ4n) is 1.96. The van der Waals surface area contributed by atoms with Crippen LogP contribution < -0.4 is 15.9 Å². The van der Waals surface area contributed by atoms with E-state index in [1.165, 1.54) is 6.92 Å². The number of aromatic amines is 1. The molecule has 0 spiro atoms. The molecular weight excluding hydrogens is 292 g/mol. The van der Waals surface area contributed by atoms with Crippen LogP contribution in [0.25, 0.3) is 0 Å². The van der Waals surface area contributed by atoms with Crippen molar-refractivity contribution >= 4 is 27.3 Å². The number of nitrogens with two attached hydrogens (primary N) is 1. The minimum Gasteiger partial charge on any atom is -0.368 e. The SMILES string of the molecule is Cc1[nH]c(=O)sc1S(=O)(=O)N1CCNCC1C(N)=O. The largest absolute Gasteiger partial charge is 0.368 e. The van der Waals surface area contributed by atoms with Crippen LogP contribution in [0.1, 0.15) is 5.69 Å². The van der Waals surface area contributed by atoms with Crippen molar-refractivity contribution in [2.24, 2.45) is 5.73 Å². The number of aromatic nitrogens is 1.